The van der Waals surface area contributed by atoms with E-state index in [4.69, 9.17) is 14.2 Å². The molecule has 1 aliphatic carbocycles. The Morgan fingerprint density at radius 1 is 1.22 bits per heavy atom. The van der Waals surface area contributed by atoms with Crippen LogP contribution in [0.25, 0.3) is 0 Å². The van der Waals surface area contributed by atoms with Crippen LogP contribution in [0.4, 0.5) is 0 Å². The van der Waals surface area contributed by atoms with Crippen molar-refractivity contribution in [2.24, 2.45) is 10.9 Å². The van der Waals surface area contributed by atoms with Crippen LogP contribution in [0.5, 0.6) is 11.5 Å². The van der Waals surface area contributed by atoms with Crippen molar-refractivity contribution in [3.8, 4) is 11.5 Å². The highest BCUT2D eigenvalue weighted by molar-refractivity contribution is 6.08. The van der Waals surface area contributed by atoms with Gasteiger partial charge in [-0.3, -0.25) is 14.6 Å². The zero-order valence-corrected chi connectivity index (χ0v) is 16.2. The van der Waals surface area contributed by atoms with Crippen LogP contribution in [0.15, 0.2) is 34.5 Å². The second kappa shape index (κ2) is 7.94. The lowest BCUT2D eigenvalue weighted by Gasteiger charge is -2.34. The summed E-state index contributed by atoms with van der Waals surface area (Å²) >= 11 is 0. The van der Waals surface area contributed by atoms with Crippen molar-refractivity contribution >= 4 is 17.5 Å². The van der Waals surface area contributed by atoms with E-state index in [2.05, 4.69) is 4.99 Å². The lowest BCUT2D eigenvalue weighted by Crippen LogP contribution is -2.36. The molecule has 0 unspecified atom stereocenters. The van der Waals surface area contributed by atoms with E-state index in [1.165, 1.54) is 7.11 Å². The lowest BCUT2D eigenvalue weighted by atomic mass is 9.71. The molecule has 0 saturated carbocycles. The number of benzene rings is 1. The summed E-state index contributed by atoms with van der Waals surface area (Å²) in [5, 5.41) is 0. The first-order valence-electron chi connectivity index (χ1n) is 9.21. The molecule has 0 fully saturated rings. The number of aliphatic imine (C=N–C) groups is 1. The van der Waals surface area contributed by atoms with Crippen LogP contribution in [0.2, 0.25) is 0 Å². The molecule has 1 heterocycles. The number of Topliss-reactive ketones (excluding diaryl/α,β-unsaturated/α-hetero) is 1. The van der Waals surface area contributed by atoms with E-state index in [0.717, 1.165) is 24.1 Å². The summed E-state index contributed by atoms with van der Waals surface area (Å²) in [7, 11) is 2.93. The third kappa shape index (κ3) is 3.48. The highest BCUT2D eigenvalue weighted by Gasteiger charge is 2.43. The zero-order valence-electron chi connectivity index (χ0n) is 16.2. The molecule has 2 atom stereocenters. The lowest BCUT2D eigenvalue weighted by molar-refractivity contribution is -0.143. The van der Waals surface area contributed by atoms with Crippen molar-refractivity contribution in [3.63, 3.8) is 0 Å². The van der Waals surface area contributed by atoms with Gasteiger partial charge in [-0.05, 0) is 44.4 Å². The summed E-state index contributed by atoms with van der Waals surface area (Å²) in [6.07, 6.45) is 2.01. The Balaban J connectivity index is 2.16. The molecule has 0 saturated heterocycles. The van der Waals surface area contributed by atoms with Gasteiger partial charge in [-0.1, -0.05) is 6.07 Å². The Morgan fingerprint density at radius 3 is 2.67 bits per heavy atom. The maximum absolute atomic E-state index is 12.8. The van der Waals surface area contributed by atoms with Crippen LogP contribution in [0.1, 0.15) is 44.6 Å². The second-order valence-corrected chi connectivity index (χ2v) is 6.71. The van der Waals surface area contributed by atoms with Crippen LogP contribution in [-0.2, 0) is 14.3 Å². The quantitative estimate of drug-likeness (QED) is 0.741. The van der Waals surface area contributed by atoms with E-state index in [1.807, 2.05) is 32.0 Å². The number of nitrogens with zero attached hydrogens (tertiary/aromatic N) is 1. The maximum Gasteiger partial charge on any atom is 0.315 e. The number of methoxy groups -OCH3 is 2. The third-order valence-corrected chi connectivity index (χ3v) is 5.14. The van der Waals surface area contributed by atoms with E-state index in [0.29, 0.717) is 35.8 Å². The van der Waals surface area contributed by atoms with Crippen LogP contribution in [0, 0.1) is 5.92 Å². The van der Waals surface area contributed by atoms with Gasteiger partial charge in [0.2, 0.25) is 0 Å². The van der Waals surface area contributed by atoms with Gasteiger partial charge >= 0.3 is 5.97 Å². The summed E-state index contributed by atoms with van der Waals surface area (Å²) in [6, 6.07) is 5.55. The molecule has 0 spiro atoms. The molecule has 6 nitrogen and oxygen atoms in total. The molecule has 0 aromatic heterocycles. The zero-order chi connectivity index (χ0) is 19.6. The van der Waals surface area contributed by atoms with Gasteiger partial charge in [-0.25, -0.2) is 0 Å². The summed E-state index contributed by atoms with van der Waals surface area (Å²) in [4.78, 5) is 29.9. The average Bonchev–Trinajstić information content (AvgIpc) is 2.67. The van der Waals surface area contributed by atoms with Crippen molar-refractivity contribution < 1.29 is 23.8 Å². The second-order valence-electron chi connectivity index (χ2n) is 6.71. The first-order chi connectivity index (χ1) is 13.0. The normalized spacial score (nSPS) is 22.1. The van der Waals surface area contributed by atoms with E-state index in [9.17, 15) is 9.59 Å². The Kier molecular flexibility index (Phi) is 5.63. The molecule has 2 aliphatic rings. The van der Waals surface area contributed by atoms with Crippen molar-refractivity contribution in [2.45, 2.75) is 39.0 Å². The number of allylic oxidation sites excluding steroid dienone is 2. The predicted molar refractivity (Wildman–Crippen MR) is 101 cm³/mol. The van der Waals surface area contributed by atoms with Crippen LogP contribution < -0.4 is 9.47 Å². The van der Waals surface area contributed by atoms with Gasteiger partial charge in [0.05, 0.1) is 20.8 Å². The molecule has 0 radical (unpaired) electrons. The first-order valence-corrected chi connectivity index (χ1v) is 9.21. The highest BCUT2D eigenvalue weighted by atomic mass is 16.5. The van der Waals surface area contributed by atoms with Gasteiger partial charge in [0.15, 0.2) is 17.3 Å². The standard InChI is InChI=1S/C21H25NO5/c1-5-27-16-10-9-13(11-17(16)25-3)19-18(21(24)26-4)12(2)22-14-7-6-8-15(23)20(14)19/h9-11,18-19H,5-8H2,1-4H3/t18-,19+/m1/s1. The molecule has 1 aromatic carbocycles. The fraction of sp³-hybridized carbons (Fsp3) is 0.476. The van der Waals surface area contributed by atoms with Crippen molar-refractivity contribution in [1.29, 1.82) is 0 Å². The van der Waals surface area contributed by atoms with E-state index in [1.54, 1.807) is 7.11 Å². The van der Waals surface area contributed by atoms with E-state index in [-0.39, 0.29) is 11.8 Å². The predicted octanol–water partition coefficient (Wildman–Crippen LogP) is 3.45. The van der Waals surface area contributed by atoms with Crippen molar-refractivity contribution in [2.75, 3.05) is 20.8 Å². The minimum absolute atomic E-state index is 0.0549. The fourth-order valence-electron chi connectivity index (χ4n) is 3.95. The number of ether oxygens (including phenoxy) is 3. The molecule has 0 N–H and O–H groups in total. The van der Waals surface area contributed by atoms with E-state index >= 15 is 0 Å². The van der Waals surface area contributed by atoms with Crippen molar-refractivity contribution in [3.05, 3.63) is 35.0 Å². The average molecular weight is 371 g/mol. The topological polar surface area (TPSA) is 74.2 Å². The molecular weight excluding hydrogens is 346 g/mol. The molecule has 0 bridgehead atoms. The minimum atomic E-state index is -0.626. The smallest absolute Gasteiger partial charge is 0.315 e. The van der Waals surface area contributed by atoms with Crippen LogP contribution in [-0.4, -0.2) is 38.3 Å². The van der Waals surface area contributed by atoms with Gasteiger partial charge in [0.25, 0.3) is 0 Å². The minimum Gasteiger partial charge on any atom is -0.493 e. The van der Waals surface area contributed by atoms with E-state index < -0.39 is 11.8 Å². The number of hydrogen-bond acceptors (Lipinski definition) is 6. The Hall–Kier alpha value is -2.63. The Morgan fingerprint density at radius 2 is 2.00 bits per heavy atom. The molecular formula is C21H25NO5. The summed E-state index contributed by atoms with van der Waals surface area (Å²) in [5.74, 6) is -0.189. The molecule has 0 amide bonds. The van der Waals surface area contributed by atoms with Gasteiger partial charge < -0.3 is 14.2 Å². The number of carbonyl (C=O) groups excluding carboxylic acids is 2. The molecule has 27 heavy (non-hydrogen) atoms. The van der Waals surface area contributed by atoms with Gasteiger partial charge in [-0.15, -0.1) is 0 Å². The molecule has 1 aliphatic heterocycles. The summed E-state index contributed by atoms with van der Waals surface area (Å²) in [6.45, 7) is 4.24. The summed E-state index contributed by atoms with van der Waals surface area (Å²) < 4.78 is 16.1. The Labute approximate surface area is 159 Å². The number of ketones is 1. The number of hydrogen-bond donors (Lipinski definition) is 0. The third-order valence-electron chi connectivity index (χ3n) is 5.14. The van der Waals surface area contributed by atoms with Crippen molar-refractivity contribution in [1.82, 2.24) is 0 Å². The number of rotatable bonds is 5. The maximum atomic E-state index is 12.8. The monoisotopic (exact) mass is 371 g/mol. The largest absolute Gasteiger partial charge is 0.493 e. The number of esters is 1. The van der Waals surface area contributed by atoms with Gasteiger partial charge in [0, 0.05) is 29.3 Å². The Bertz CT molecular complexity index is 824. The number of carbonyl (C=O) groups is 2. The fourth-order valence-corrected chi connectivity index (χ4v) is 3.95. The molecule has 6 heteroatoms. The molecule has 1 aromatic rings. The van der Waals surface area contributed by atoms with Crippen LogP contribution in [0.3, 0.4) is 0 Å². The summed E-state index contributed by atoms with van der Waals surface area (Å²) in [5.41, 5.74) is 2.92. The van der Waals surface area contributed by atoms with Gasteiger partial charge in [-0.2, -0.15) is 0 Å². The first kappa shape index (κ1) is 19.1. The van der Waals surface area contributed by atoms with Gasteiger partial charge in [0.1, 0.15) is 5.92 Å². The molecule has 3 rings (SSSR count). The van der Waals surface area contributed by atoms with Crippen LogP contribution >= 0.6 is 0 Å². The highest BCUT2D eigenvalue weighted by Crippen LogP contribution is 2.45. The molecule has 144 valence electrons. The SMILES string of the molecule is CCOc1ccc([C@@H]2C3=C(CCCC3=O)N=C(C)[C@H]2C(=O)OC)cc1OC.